The minimum absolute atomic E-state index is 0.212. The molecule has 0 unspecified atom stereocenters. The molecule has 2 rings (SSSR count). The average Bonchev–Trinajstić information content (AvgIpc) is 2.45. The van der Waals surface area contributed by atoms with Crippen LogP contribution in [-0.4, -0.2) is 21.9 Å². The summed E-state index contributed by atoms with van der Waals surface area (Å²) in [6.45, 7) is 6.04. The van der Waals surface area contributed by atoms with Gasteiger partial charge in [0, 0.05) is 18.7 Å². The lowest BCUT2D eigenvalue weighted by molar-refractivity contribution is 0.0945. The van der Waals surface area contributed by atoms with Crippen LogP contribution in [0.15, 0.2) is 30.3 Å². The fourth-order valence-corrected chi connectivity index (χ4v) is 1.93. The van der Waals surface area contributed by atoms with Gasteiger partial charge in [-0.1, -0.05) is 12.1 Å². The van der Waals surface area contributed by atoms with Gasteiger partial charge in [-0.2, -0.15) is 0 Å². The molecule has 6 heteroatoms. The number of rotatable bonds is 5. The predicted molar refractivity (Wildman–Crippen MR) is 83.1 cm³/mol. The van der Waals surface area contributed by atoms with E-state index in [1.807, 2.05) is 13.8 Å². The van der Waals surface area contributed by atoms with Gasteiger partial charge in [0.25, 0.3) is 5.91 Å². The van der Waals surface area contributed by atoms with Crippen LogP contribution < -0.4 is 10.6 Å². The van der Waals surface area contributed by atoms with E-state index in [4.69, 9.17) is 0 Å². The summed E-state index contributed by atoms with van der Waals surface area (Å²) in [5, 5.41) is 5.91. The minimum atomic E-state index is -0.300. The number of carbonyl (C=O) groups is 1. The SMILES string of the molecule is Cc1nc(NC(C)C)cc(C(=O)NCc2ccc(F)cc2)n1. The van der Waals surface area contributed by atoms with E-state index in [0.717, 1.165) is 5.56 Å². The number of nitrogens with one attached hydrogen (secondary N) is 2. The van der Waals surface area contributed by atoms with E-state index < -0.39 is 0 Å². The van der Waals surface area contributed by atoms with Gasteiger partial charge in [-0.3, -0.25) is 4.79 Å². The fourth-order valence-electron chi connectivity index (χ4n) is 1.93. The Kier molecular flexibility index (Phi) is 5.04. The van der Waals surface area contributed by atoms with Gasteiger partial charge in [-0.25, -0.2) is 14.4 Å². The molecule has 0 fully saturated rings. The van der Waals surface area contributed by atoms with Gasteiger partial charge >= 0.3 is 0 Å². The van der Waals surface area contributed by atoms with Crippen LogP contribution in [0.2, 0.25) is 0 Å². The number of hydrogen-bond donors (Lipinski definition) is 2. The van der Waals surface area contributed by atoms with Crippen molar-refractivity contribution in [1.82, 2.24) is 15.3 Å². The van der Waals surface area contributed by atoms with Gasteiger partial charge in [0.1, 0.15) is 23.2 Å². The molecule has 2 N–H and O–H groups in total. The van der Waals surface area contributed by atoms with Gasteiger partial charge in [0.05, 0.1) is 0 Å². The number of aryl methyl sites for hydroxylation is 1. The van der Waals surface area contributed by atoms with Crippen molar-refractivity contribution in [1.29, 1.82) is 0 Å². The summed E-state index contributed by atoms with van der Waals surface area (Å²) >= 11 is 0. The smallest absolute Gasteiger partial charge is 0.270 e. The van der Waals surface area contributed by atoms with E-state index in [0.29, 0.717) is 23.9 Å². The fraction of sp³-hybridized carbons (Fsp3) is 0.312. The summed E-state index contributed by atoms with van der Waals surface area (Å²) in [5.74, 6) is 0.555. The Labute approximate surface area is 129 Å². The van der Waals surface area contributed by atoms with E-state index in [-0.39, 0.29) is 17.8 Å². The van der Waals surface area contributed by atoms with Crippen LogP contribution in [0.5, 0.6) is 0 Å². The Hall–Kier alpha value is -2.50. The Morgan fingerprint density at radius 2 is 1.91 bits per heavy atom. The first-order valence-corrected chi connectivity index (χ1v) is 7.09. The molecule has 0 atom stereocenters. The second kappa shape index (κ2) is 6.98. The van der Waals surface area contributed by atoms with Crippen LogP contribution >= 0.6 is 0 Å². The summed E-state index contributed by atoms with van der Waals surface area (Å²) in [5.41, 5.74) is 1.12. The number of benzene rings is 1. The summed E-state index contributed by atoms with van der Waals surface area (Å²) in [6.07, 6.45) is 0. The van der Waals surface area contributed by atoms with Crippen LogP contribution in [0.3, 0.4) is 0 Å². The summed E-state index contributed by atoms with van der Waals surface area (Å²) in [7, 11) is 0. The van der Waals surface area contributed by atoms with Crippen LogP contribution in [0.1, 0.15) is 35.7 Å². The Balaban J connectivity index is 2.05. The van der Waals surface area contributed by atoms with Crippen molar-refractivity contribution in [2.45, 2.75) is 33.4 Å². The van der Waals surface area contributed by atoms with Crippen LogP contribution in [0, 0.1) is 12.7 Å². The first kappa shape index (κ1) is 15.9. The standard InChI is InChI=1S/C16H19FN4O/c1-10(2)19-15-8-14(20-11(3)21-15)16(22)18-9-12-4-6-13(17)7-5-12/h4-8,10H,9H2,1-3H3,(H,18,22)(H,19,20,21). The molecule has 0 aliphatic rings. The number of hydrogen-bond acceptors (Lipinski definition) is 4. The maximum absolute atomic E-state index is 12.8. The number of amides is 1. The summed E-state index contributed by atoms with van der Waals surface area (Å²) in [4.78, 5) is 20.6. The number of anilines is 1. The van der Waals surface area contributed by atoms with Crippen LogP contribution in [-0.2, 0) is 6.54 Å². The molecule has 116 valence electrons. The highest BCUT2D eigenvalue weighted by Gasteiger charge is 2.11. The molecule has 0 aliphatic heterocycles. The van der Waals surface area contributed by atoms with Gasteiger partial charge < -0.3 is 10.6 Å². The quantitative estimate of drug-likeness (QED) is 0.891. The monoisotopic (exact) mass is 302 g/mol. The van der Waals surface area contributed by atoms with Gasteiger partial charge in [-0.05, 0) is 38.5 Å². The highest BCUT2D eigenvalue weighted by Crippen LogP contribution is 2.09. The van der Waals surface area contributed by atoms with Crippen molar-refractivity contribution in [3.05, 3.63) is 53.2 Å². The molecule has 2 aromatic rings. The van der Waals surface area contributed by atoms with Gasteiger partial charge in [0.2, 0.25) is 0 Å². The third kappa shape index (κ3) is 4.51. The number of nitrogens with zero attached hydrogens (tertiary/aromatic N) is 2. The van der Waals surface area contributed by atoms with E-state index in [9.17, 15) is 9.18 Å². The highest BCUT2D eigenvalue weighted by molar-refractivity contribution is 5.92. The molecule has 0 bridgehead atoms. The number of carbonyl (C=O) groups excluding carboxylic acids is 1. The van der Waals surface area contributed by atoms with Crippen molar-refractivity contribution >= 4 is 11.7 Å². The topological polar surface area (TPSA) is 66.9 Å². The Morgan fingerprint density at radius 3 is 2.55 bits per heavy atom. The Morgan fingerprint density at radius 1 is 1.23 bits per heavy atom. The maximum Gasteiger partial charge on any atom is 0.270 e. The molecule has 1 amide bonds. The second-order valence-electron chi connectivity index (χ2n) is 5.29. The highest BCUT2D eigenvalue weighted by atomic mass is 19.1. The maximum atomic E-state index is 12.8. The molecular weight excluding hydrogens is 283 g/mol. The number of halogens is 1. The first-order chi connectivity index (χ1) is 10.4. The molecule has 0 saturated heterocycles. The van der Waals surface area contributed by atoms with Crippen molar-refractivity contribution in [3.8, 4) is 0 Å². The van der Waals surface area contributed by atoms with Gasteiger partial charge in [0.15, 0.2) is 0 Å². The molecule has 1 aromatic heterocycles. The molecular formula is C16H19FN4O. The largest absolute Gasteiger partial charge is 0.368 e. The lowest BCUT2D eigenvalue weighted by atomic mass is 10.2. The summed E-state index contributed by atoms with van der Waals surface area (Å²) < 4.78 is 12.8. The third-order valence-corrected chi connectivity index (χ3v) is 2.87. The third-order valence-electron chi connectivity index (χ3n) is 2.87. The average molecular weight is 302 g/mol. The van der Waals surface area contributed by atoms with E-state index in [1.54, 1.807) is 25.1 Å². The molecule has 0 spiro atoms. The molecule has 1 aromatic carbocycles. The molecule has 0 aliphatic carbocycles. The molecule has 22 heavy (non-hydrogen) atoms. The predicted octanol–water partition coefficient (Wildman–Crippen LogP) is 2.67. The number of aromatic nitrogens is 2. The lowest BCUT2D eigenvalue weighted by Crippen LogP contribution is -2.25. The lowest BCUT2D eigenvalue weighted by Gasteiger charge is -2.11. The molecule has 0 radical (unpaired) electrons. The zero-order valence-electron chi connectivity index (χ0n) is 12.9. The normalized spacial score (nSPS) is 10.6. The van der Waals surface area contributed by atoms with Crippen molar-refractivity contribution in [2.24, 2.45) is 0 Å². The van der Waals surface area contributed by atoms with Crippen molar-refractivity contribution in [3.63, 3.8) is 0 Å². The van der Waals surface area contributed by atoms with E-state index in [2.05, 4.69) is 20.6 Å². The van der Waals surface area contributed by atoms with E-state index >= 15 is 0 Å². The Bertz CT molecular complexity index is 656. The molecule has 5 nitrogen and oxygen atoms in total. The first-order valence-electron chi connectivity index (χ1n) is 7.09. The van der Waals surface area contributed by atoms with Crippen LogP contribution in [0.25, 0.3) is 0 Å². The zero-order chi connectivity index (χ0) is 16.1. The molecule has 1 heterocycles. The van der Waals surface area contributed by atoms with Gasteiger partial charge in [-0.15, -0.1) is 0 Å². The molecule has 0 saturated carbocycles. The van der Waals surface area contributed by atoms with Crippen LogP contribution in [0.4, 0.5) is 10.2 Å². The van der Waals surface area contributed by atoms with Crippen molar-refractivity contribution < 1.29 is 9.18 Å². The van der Waals surface area contributed by atoms with E-state index in [1.165, 1.54) is 12.1 Å². The second-order valence-corrected chi connectivity index (χ2v) is 5.29. The minimum Gasteiger partial charge on any atom is -0.368 e. The summed E-state index contributed by atoms with van der Waals surface area (Å²) in [6, 6.07) is 7.82. The zero-order valence-corrected chi connectivity index (χ0v) is 12.9. The van der Waals surface area contributed by atoms with Crippen molar-refractivity contribution in [2.75, 3.05) is 5.32 Å².